The van der Waals surface area contributed by atoms with E-state index in [1.807, 2.05) is 13.1 Å². The average Bonchev–Trinajstić information content (AvgIpc) is 2.82. The van der Waals surface area contributed by atoms with Crippen molar-refractivity contribution in [1.82, 2.24) is 20.3 Å². The van der Waals surface area contributed by atoms with Gasteiger partial charge in [-0.15, -0.1) is 5.10 Å². The van der Waals surface area contributed by atoms with Crippen LogP contribution in [0.5, 0.6) is 0 Å². The molecule has 1 fully saturated rings. The van der Waals surface area contributed by atoms with E-state index in [4.69, 9.17) is 5.73 Å². The van der Waals surface area contributed by atoms with Crippen LogP contribution in [0.2, 0.25) is 0 Å². The number of hydrogen-bond donors (Lipinski definition) is 2. The van der Waals surface area contributed by atoms with E-state index in [9.17, 15) is 8.42 Å². The van der Waals surface area contributed by atoms with Gasteiger partial charge in [0.05, 0.1) is 23.7 Å². The van der Waals surface area contributed by atoms with Crippen molar-refractivity contribution in [3.8, 4) is 0 Å². The minimum Gasteiger partial charge on any atom is -0.329 e. The first-order valence-electron chi connectivity index (χ1n) is 5.97. The Morgan fingerprint density at radius 1 is 1.61 bits per heavy atom. The molecule has 3 N–H and O–H groups in total. The number of hydrogen-bond acceptors (Lipinski definition) is 6. The SMILES string of the molecule is CC1(NCc2cn(CCN)nn2)CCS(=O)(=O)C1. The highest BCUT2D eigenvalue weighted by Gasteiger charge is 2.37. The lowest BCUT2D eigenvalue weighted by atomic mass is 10.0. The molecule has 1 atom stereocenters. The topological polar surface area (TPSA) is 103 Å². The highest BCUT2D eigenvalue weighted by Crippen LogP contribution is 2.22. The minimum atomic E-state index is -2.88. The molecule has 0 spiro atoms. The maximum Gasteiger partial charge on any atom is 0.152 e. The van der Waals surface area contributed by atoms with Gasteiger partial charge in [0.15, 0.2) is 9.84 Å². The number of rotatable bonds is 5. The van der Waals surface area contributed by atoms with Gasteiger partial charge in [-0.05, 0) is 13.3 Å². The third kappa shape index (κ3) is 3.27. The van der Waals surface area contributed by atoms with Gasteiger partial charge in [-0.3, -0.25) is 4.68 Å². The lowest BCUT2D eigenvalue weighted by Crippen LogP contribution is -2.42. The second kappa shape index (κ2) is 4.94. The van der Waals surface area contributed by atoms with Gasteiger partial charge < -0.3 is 11.1 Å². The molecule has 7 nitrogen and oxygen atoms in total. The number of nitrogens with zero attached hydrogens (tertiary/aromatic N) is 3. The fourth-order valence-corrected chi connectivity index (χ4v) is 4.24. The summed E-state index contributed by atoms with van der Waals surface area (Å²) in [7, 11) is -2.88. The molecular formula is C10H19N5O2S. The molecule has 1 aromatic rings. The summed E-state index contributed by atoms with van der Waals surface area (Å²) in [6, 6.07) is 0. The van der Waals surface area contributed by atoms with Crippen molar-refractivity contribution in [2.24, 2.45) is 5.73 Å². The zero-order valence-electron chi connectivity index (χ0n) is 10.5. The van der Waals surface area contributed by atoms with E-state index < -0.39 is 9.84 Å². The molecule has 1 unspecified atom stereocenters. The molecule has 102 valence electrons. The molecule has 18 heavy (non-hydrogen) atoms. The van der Waals surface area contributed by atoms with Gasteiger partial charge >= 0.3 is 0 Å². The highest BCUT2D eigenvalue weighted by molar-refractivity contribution is 7.91. The van der Waals surface area contributed by atoms with Crippen molar-refractivity contribution < 1.29 is 8.42 Å². The van der Waals surface area contributed by atoms with Gasteiger partial charge in [0, 0.05) is 24.8 Å². The van der Waals surface area contributed by atoms with Crippen LogP contribution in [-0.2, 0) is 22.9 Å². The predicted octanol–water partition coefficient (Wildman–Crippen LogP) is -1.10. The summed E-state index contributed by atoms with van der Waals surface area (Å²) in [4.78, 5) is 0. The Kier molecular flexibility index (Phi) is 3.69. The van der Waals surface area contributed by atoms with Gasteiger partial charge in [0.1, 0.15) is 0 Å². The molecule has 0 radical (unpaired) electrons. The Hall–Kier alpha value is -0.990. The maximum absolute atomic E-state index is 11.5. The fraction of sp³-hybridized carbons (Fsp3) is 0.800. The summed E-state index contributed by atoms with van der Waals surface area (Å²) in [6.45, 7) is 3.61. The zero-order valence-corrected chi connectivity index (χ0v) is 11.3. The van der Waals surface area contributed by atoms with E-state index in [-0.39, 0.29) is 17.0 Å². The Morgan fingerprint density at radius 2 is 2.39 bits per heavy atom. The van der Waals surface area contributed by atoms with Crippen molar-refractivity contribution in [2.45, 2.75) is 32.0 Å². The van der Waals surface area contributed by atoms with E-state index in [0.29, 0.717) is 26.1 Å². The summed E-state index contributed by atoms with van der Waals surface area (Å²) in [6.07, 6.45) is 2.47. The molecule has 8 heteroatoms. The van der Waals surface area contributed by atoms with E-state index in [2.05, 4.69) is 15.6 Å². The van der Waals surface area contributed by atoms with Gasteiger partial charge in [-0.1, -0.05) is 5.21 Å². The summed E-state index contributed by atoms with van der Waals surface area (Å²) >= 11 is 0. The summed E-state index contributed by atoms with van der Waals surface area (Å²) in [5.74, 6) is 0.452. The van der Waals surface area contributed by atoms with Crippen LogP contribution in [0.4, 0.5) is 0 Å². The summed E-state index contributed by atoms with van der Waals surface area (Å²) < 4.78 is 24.6. The van der Waals surface area contributed by atoms with Crippen LogP contribution in [0.15, 0.2) is 6.20 Å². The summed E-state index contributed by atoms with van der Waals surface area (Å²) in [5, 5.41) is 11.2. The number of nitrogens with two attached hydrogens (primary N) is 1. The predicted molar refractivity (Wildman–Crippen MR) is 67.6 cm³/mol. The summed E-state index contributed by atoms with van der Waals surface area (Å²) in [5.41, 5.74) is 5.87. The van der Waals surface area contributed by atoms with Crippen LogP contribution >= 0.6 is 0 Å². The Morgan fingerprint density at radius 3 is 3.00 bits per heavy atom. The minimum absolute atomic E-state index is 0.191. The zero-order chi connectivity index (χ0) is 13.2. The van der Waals surface area contributed by atoms with Crippen molar-refractivity contribution in [3.63, 3.8) is 0 Å². The van der Waals surface area contributed by atoms with E-state index >= 15 is 0 Å². The number of aromatic nitrogens is 3. The maximum atomic E-state index is 11.5. The van der Waals surface area contributed by atoms with Crippen LogP contribution in [0, 0.1) is 0 Å². The normalized spacial score (nSPS) is 26.6. The molecule has 0 amide bonds. The molecular weight excluding hydrogens is 254 g/mol. The van der Waals surface area contributed by atoms with Gasteiger partial charge in [0.2, 0.25) is 0 Å². The van der Waals surface area contributed by atoms with Crippen LogP contribution in [0.25, 0.3) is 0 Å². The Bertz CT molecular complexity index is 512. The molecule has 1 aromatic heterocycles. The first-order valence-corrected chi connectivity index (χ1v) is 7.79. The molecule has 1 saturated heterocycles. The Balaban J connectivity index is 1.91. The van der Waals surface area contributed by atoms with Crippen LogP contribution in [0.3, 0.4) is 0 Å². The van der Waals surface area contributed by atoms with Crippen molar-refractivity contribution in [2.75, 3.05) is 18.1 Å². The second-order valence-corrected chi connectivity index (χ2v) is 7.20. The van der Waals surface area contributed by atoms with Crippen LogP contribution in [-0.4, -0.2) is 47.0 Å². The van der Waals surface area contributed by atoms with Crippen molar-refractivity contribution in [3.05, 3.63) is 11.9 Å². The molecule has 0 aromatic carbocycles. The van der Waals surface area contributed by atoms with E-state index in [1.165, 1.54) is 0 Å². The standard InChI is InChI=1S/C10H19N5O2S/c1-10(2-5-18(16,17)8-10)12-6-9-7-15(4-3-11)14-13-9/h7,12H,2-6,8,11H2,1H3. The second-order valence-electron chi connectivity index (χ2n) is 5.02. The van der Waals surface area contributed by atoms with Crippen molar-refractivity contribution >= 4 is 9.84 Å². The average molecular weight is 273 g/mol. The molecule has 1 aliphatic heterocycles. The third-order valence-electron chi connectivity index (χ3n) is 3.14. The quantitative estimate of drug-likeness (QED) is 0.706. The van der Waals surface area contributed by atoms with Gasteiger partial charge in [-0.2, -0.15) is 0 Å². The fourth-order valence-electron chi connectivity index (χ4n) is 2.11. The van der Waals surface area contributed by atoms with Crippen LogP contribution < -0.4 is 11.1 Å². The third-order valence-corrected chi connectivity index (χ3v) is 5.05. The molecule has 0 bridgehead atoms. The first-order chi connectivity index (χ1) is 8.42. The largest absolute Gasteiger partial charge is 0.329 e. The van der Waals surface area contributed by atoms with Crippen LogP contribution in [0.1, 0.15) is 19.0 Å². The lowest BCUT2D eigenvalue weighted by Gasteiger charge is -2.23. The number of nitrogens with one attached hydrogen (secondary N) is 1. The smallest absolute Gasteiger partial charge is 0.152 e. The van der Waals surface area contributed by atoms with Crippen molar-refractivity contribution in [1.29, 1.82) is 0 Å². The molecule has 2 heterocycles. The monoisotopic (exact) mass is 273 g/mol. The Labute approximate surface area is 107 Å². The molecule has 1 aliphatic rings. The van der Waals surface area contributed by atoms with Gasteiger partial charge in [-0.25, -0.2) is 8.42 Å². The first kappa shape index (κ1) is 13.4. The highest BCUT2D eigenvalue weighted by atomic mass is 32.2. The number of sulfone groups is 1. The molecule has 2 rings (SSSR count). The molecule has 0 aliphatic carbocycles. The van der Waals surface area contributed by atoms with Gasteiger partial charge in [0.25, 0.3) is 0 Å². The van der Waals surface area contributed by atoms with E-state index in [1.54, 1.807) is 4.68 Å². The van der Waals surface area contributed by atoms with E-state index in [0.717, 1.165) is 5.69 Å². The lowest BCUT2D eigenvalue weighted by molar-refractivity contribution is 0.393. The molecule has 0 saturated carbocycles.